The lowest BCUT2D eigenvalue weighted by Gasteiger charge is -2.24. The summed E-state index contributed by atoms with van der Waals surface area (Å²) in [6.07, 6.45) is 5.50. The highest BCUT2D eigenvalue weighted by Crippen LogP contribution is 2.16. The van der Waals surface area contributed by atoms with Gasteiger partial charge in [0.05, 0.1) is 0 Å². The van der Waals surface area contributed by atoms with Gasteiger partial charge < -0.3 is 25.4 Å². The van der Waals surface area contributed by atoms with Crippen LogP contribution in [0, 0.1) is 0 Å². The number of likely N-dealkylation sites (N-methyl/N-ethyl adjacent to an activating group) is 1. The van der Waals surface area contributed by atoms with E-state index in [4.69, 9.17) is 15.2 Å². The van der Waals surface area contributed by atoms with Crippen LogP contribution in [0.3, 0.4) is 0 Å². The first-order valence-electron chi connectivity index (χ1n) is 6.91. The first-order chi connectivity index (χ1) is 10.3. The number of rotatable bonds is 8. The summed E-state index contributed by atoms with van der Waals surface area (Å²) >= 11 is 0. The third kappa shape index (κ3) is 5.34. The van der Waals surface area contributed by atoms with E-state index in [1.54, 1.807) is 6.92 Å². The van der Waals surface area contributed by atoms with Gasteiger partial charge in [0.1, 0.15) is 25.0 Å². The molecule has 1 rings (SSSR count). The third-order valence-electron chi connectivity index (χ3n) is 3.07. The van der Waals surface area contributed by atoms with Crippen molar-refractivity contribution in [2.75, 3.05) is 13.7 Å². The van der Waals surface area contributed by atoms with Gasteiger partial charge in [0, 0.05) is 18.9 Å². The summed E-state index contributed by atoms with van der Waals surface area (Å²) in [5.41, 5.74) is 6.74. The molecule has 7 heteroatoms. The molecule has 0 bridgehead atoms. The molecule has 0 aromatic heterocycles. The van der Waals surface area contributed by atoms with Gasteiger partial charge in [-0.05, 0) is 25.5 Å². The fourth-order valence-electron chi connectivity index (χ4n) is 1.75. The van der Waals surface area contributed by atoms with Gasteiger partial charge in [0.25, 0.3) is 0 Å². The van der Waals surface area contributed by atoms with Crippen molar-refractivity contribution in [2.45, 2.75) is 32.2 Å². The molecule has 3 unspecified atom stereocenters. The first kappa shape index (κ1) is 17.9. The Morgan fingerprint density at radius 2 is 2.27 bits per heavy atom. The number of allylic oxidation sites excluding steroid dienone is 1. The van der Waals surface area contributed by atoms with E-state index in [0.29, 0.717) is 12.1 Å². The lowest BCUT2D eigenvalue weighted by molar-refractivity contribution is -0.149. The van der Waals surface area contributed by atoms with Gasteiger partial charge >= 0.3 is 5.97 Å². The maximum atomic E-state index is 11.3. The number of ether oxygens (including phenoxy) is 2. The summed E-state index contributed by atoms with van der Waals surface area (Å²) in [7, 11) is 1.84. The van der Waals surface area contributed by atoms with Crippen LogP contribution in [0.15, 0.2) is 36.2 Å². The Morgan fingerprint density at radius 1 is 1.59 bits per heavy atom. The molecule has 0 aromatic rings. The van der Waals surface area contributed by atoms with E-state index in [-0.39, 0.29) is 18.9 Å². The quantitative estimate of drug-likeness (QED) is 0.289. The molecule has 0 fully saturated rings. The number of hydrogen-bond acceptors (Lipinski definition) is 6. The fourth-order valence-corrected chi connectivity index (χ4v) is 1.75. The smallest absolute Gasteiger partial charge is 0.322 e. The van der Waals surface area contributed by atoms with Crippen LogP contribution >= 0.6 is 0 Å². The molecule has 3 atom stereocenters. The number of amides is 1. The van der Waals surface area contributed by atoms with Crippen molar-refractivity contribution in [3.63, 3.8) is 0 Å². The van der Waals surface area contributed by atoms with Crippen molar-refractivity contribution >= 4 is 12.4 Å². The van der Waals surface area contributed by atoms with Crippen molar-refractivity contribution < 1.29 is 19.1 Å². The molecule has 1 heterocycles. The van der Waals surface area contributed by atoms with Crippen LogP contribution in [0.1, 0.15) is 13.8 Å². The maximum absolute atomic E-state index is 11.3. The van der Waals surface area contributed by atoms with Gasteiger partial charge in [-0.25, -0.2) is 0 Å². The summed E-state index contributed by atoms with van der Waals surface area (Å²) in [5.74, 6) is -0.458. The molecule has 1 amide bonds. The van der Waals surface area contributed by atoms with Crippen LogP contribution in [-0.2, 0) is 19.1 Å². The monoisotopic (exact) mass is 309 g/mol. The predicted octanol–water partition coefficient (Wildman–Crippen LogP) is 0.253. The summed E-state index contributed by atoms with van der Waals surface area (Å²) in [6, 6.07) is -0.647. The Kier molecular flexibility index (Phi) is 6.81. The number of nitrogens with zero attached hydrogens (tertiary/aromatic N) is 1. The van der Waals surface area contributed by atoms with E-state index in [1.165, 1.54) is 0 Å². The number of nitrogens with two attached hydrogens (primary N) is 1. The molecule has 7 nitrogen and oxygen atoms in total. The molecule has 1 aliphatic rings. The first-order valence-corrected chi connectivity index (χ1v) is 6.91. The molecular weight excluding hydrogens is 286 g/mol. The van der Waals surface area contributed by atoms with E-state index in [9.17, 15) is 9.59 Å². The SMILES string of the molecule is C=C(NC=O)/C(C)=C\N(C)C1C=CC(COC(=O)C(C)N)O1. The summed E-state index contributed by atoms with van der Waals surface area (Å²) in [4.78, 5) is 23.5. The van der Waals surface area contributed by atoms with Crippen LogP contribution in [-0.4, -0.2) is 49.3 Å². The van der Waals surface area contributed by atoms with Crippen molar-refractivity contribution in [1.29, 1.82) is 0 Å². The zero-order chi connectivity index (χ0) is 16.7. The molecule has 0 spiro atoms. The zero-order valence-electron chi connectivity index (χ0n) is 13.1. The van der Waals surface area contributed by atoms with Gasteiger partial charge in [-0.3, -0.25) is 9.59 Å². The van der Waals surface area contributed by atoms with Gasteiger partial charge in [-0.1, -0.05) is 12.7 Å². The van der Waals surface area contributed by atoms with Gasteiger partial charge in [0.15, 0.2) is 0 Å². The molecule has 0 aliphatic carbocycles. The van der Waals surface area contributed by atoms with Gasteiger partial charge in [0.2, 0.25) is 6.41 Å². The molecule has 22 heavy (non-hydrogen) atoms. The number of esters is 1. The number of hydrogen-bond donors (Lipinski definition) is 2. The Labute approximate surface area is 130 Å². The second-order valence-electron chi connectivity index (χ2n) is 5.09. The lowest BCUT2D eigenvalue weighted by Crippen LogP contribution is -2.33. The molecule has 0 aromatic carbocycles. The van der Waals surface area contributed by atoms with Crippen molar-refractivity contribution in [3.05, 3.63) is 36.2 Å². The van der Waals surface area contributed by atoms with E-state index >= 15 is 0 Å². The Balaban J connectivity index is 2.47. The second kappa shape index (κ2) is 8.35. The number of carbonyl (C=O) groups excluding carboxylic acids is 2. The number of carbonyl (C=O) groups is 2. The number of nitrogens with one attached hydrogen (secondary N) is 1. The van der Waals surface area contributed by atoms with Crippen molar-refractivity contribution in [2.24, 2.45) is 5.73 Å². The van der Waals surface area contributed by atoms with Crippen LogP contribution in [0.2, 0.25) is 0 Å². The van der Waals surface area contributed by atoms with Crippen molar-refractivity contribution in [3.8, 4) is 0 Å². The molecule has 122 valence electrons. The summed E-state index contributed by atoms with van der Waals surface area (Å²) in [5, 5.41) is 2.50. The predicted molar refractivity (Wildman–Crippen MR) is 82.3 cm³/mol. The Hall–Kier alpha value is -2.12. The molecule has 3 N–H and O–H groups in total. The summed E-state index contributed by atoms with van der Waals surface area (Å²) in [6.45, 7) is 7.26. The highest BCUT2D eigenvalue weighted by atomic mass is 16.6. The van der Waals surface area contributed by atoms with Crippen LogP contribution < -0.4 is 11.1 Å². The third-order valence-corrected chi connectivity index (χ3v) is 3.07. The Bertz CT molecular complexity index is 485. The highest BCUT2D eigenvalue weighted by Gasteiger charge is 2.23. The zero-order valence-corrected chi connectivity index (χ0v) is 13.1. The molecule has 0 saturated carbocycles. The molecule has 1 aliphatic heterocycles. The van der Waals surface area contributed by atoms with E-state index in [1.807, 2.05) is 37.2 Å². The molecular formula is C15H23N3O4. The van der Waals surface area contributed by atoms with Gasteiger partial charge in [-0.15, -0.1) is 0 Å². The maximum Gasteiger partial charge on any atom is 0.322 e. The van der Waals surface area contributed by atoms with Crippen LogP contribution in [0.25, 0.3) is 0 Å². The summed E-state index contributed by atoms with van der Waals surface area (Å²) < 4.78 is 10.8. The van der Waals surface area contributed by atoms with Gasteiger partial charge in [-0.2, -0.15) is 0 Å². The molecule has 0 saturated heterocycles. The van der Waals surface area contributed by atoms with E-state index in [0.717, 1.165) is 5.57 Å². The highest BCUT2D eigenvalue weighted by molar-refractivity contribution is 5.74. The molecule has 0 radical (unpaired) electrons. The normalized spacial score (nSPS) is 22.1. The minimum atomic E-state index is -0.647. The standard InChI is InChI=1S/C15H23N3O4/c1-10(12(3)17-9-19)7-18(4)14-6-5-13(22-14)8-21-15(20)11(2)16/h5-7,9,11,13-14H,3,8,16H2,1-2,4H3,(H,17,19)/b10-7-. The topological polar surface area (TPSA) is 93.9 Å². The lowest BCUT2D eigenvalue weighted by atomic mass is 10.2. The van der Waals surface area contributed by atoms with Crippen LogP contribution in [0.5, 0.6) is 0 Å². The second-order valence-corrected chi connectivity index (χ2v) is 5.09. The fraction of sp³-hybridized carbons (Fsp3) is 0.467. The van der Waals surface area contributed by atoms with Crippen molar-refractivity contribution in [1.82, 2.24) is 10.2 Å². The average molecular weight is 309 g/mol. The van der Waals surface area contributed by atoms with Crippen LogP contribution in [0.4, 0.5) is 0 Å². The minimum Gasteiger partial charge on any atom is -0.461 e. The average Bonchev–Trinajstić information content (AvgIpc) is 2.93. The Morgan fingerprint density at radius 3 is 2.86 bits per heavy atom. The van der Waals surface area contributed by atoms with E-state index < -0.39 is 12.0 Å². The largest absolute Gasteiger partial charge is 0.461 e. The minimum absolute atomic E-state index is 0.128. The van der Waals surface area contributed by atoms with E-state index in [2.05, 4.69) is 11.9 Å².